The summed E-state index contributed by atoms with van der Waals surface area (Å²) in [5.41, 5.74) is 2.21. The number of carbonyl (C=O) groups excluding carboxylic acids is 1. The molecule has 0 saturated heterocycles. The molecule has 0 fully saturated rings. The van der Waals surface area contributed by atoms with Gasteiger partial charge in [0.05, 0.1) is 29.0 Å². The van der Waals surface area contributed by atoms with E-state index in [1.54, 1.807) is 13.0 Å². The zero-order chi connectivity index (χ0) is 36.2. The second kappa shape index (κ2) is 19.0. The number of fused-ring (bicyclic) bond motifs is 1. The summed E-state index contributed by atoms with van der Waals surface area (Å²) < 4.78 is 27.6. The molecule has 0 saturated carbocycles. The lowest BCUT2D eigenvalue weighted by atomic mass is 9.69. The van der Waals surface area contributed by atoms with Crippen molar-refractivity contribution in [1.29, 1.82) is 0 Å². The van der Waals surface area contributed by atoms with Crippen molar-refractivity contribution in [2.45, 2.75) is 134 Å². The Labute approximate surface area is 288 Å². The van der Waals surface area contributed by atoms with Gasteiger partial charge >= 0.3 is 0 Å². The van der Waals surface area contributed by atoms with Gasteiger partial charge in [-0.2, -0.15) is 0 Å². The van der Waals surface area contributed by atoms with Gasteiger partial charge in [0.15, 0.2) is 9.84 Å². The molecule has 48 heavy (non-hydrogen) atoms. The molecule has 1 heterocycles. The lowest BCUT2D eigenvalue weighted by Gasteiger charge is -2.39. The third-order valence-corrected chi connectivity index (χ3v) is 11.5. The summed E-state index contributed by atoms with van der Waals surface area (Å²) >= 11 is 0. The van der Waals surface area contributed by atoms with Crippen LogP contribution in [0, 0.1) is 5.41 Å². The summed E-state index contributed by atoms with van der Waals surface area (Å²) in [5.74, 6) is -0.646. The van der Waals surface area contributed by atoms with Gasteiger partial charge in [-0.1, -0.05) is 65.5 Å². The average molecular weight is 693 g/mol. The van der Waals surface area contributed by atoms with Gasteiger partial charge in [-0.05, 0) is 74.1 Å². The van der Waals surface area contributed by atoms with Crippen LogP contribution in [-0.2, 0) is 14.6 Å². The monoisotopic (exact) mass is 692 g/mol. The zero-order valence-electron chi connectivity index (χ0n) is 29.9. The van der Waals surface area contributed by atoms with E-state index in [0.29, 0.717) is 41.8 Å². The SMILES string of the molecule is CCC(O)C(O)C(O)C(C)O.CCCCCC(=O)Nc1cccc(C2c3cc(N(C)C)ccc3S(=O)(=O)C[C@@](CC)(CCCC)C2O)c1. The number of nitrogens with zero attached hydrogens (tertiary/aromatic N) is 1. The van der Waals surface area contributed by atoms with E-state index in [9.17, 15) is 18.3 Å². The maximum Gasteiger partial charge on any atom is 0.224 e. The fraction of sp³-hybridized carbons (Fsp3) is 0.649. The summed E-state index contributed by atoms with van der Waals surface area (Å²) in [4.78, 5) is 14.8. The van der Waals surface area contributed by atoms with Crippen molar-refractivity contribution in [3.63, 3.8) is 0 Å². The zero-order valence-corrected chi connectivity index (χ0v) is 30.7. The smallest absolute Gasteiger partial charge is 0.224 e. The number of benzene rings is 2. The quantitative estimate of drug-likeness (QED) is 0.141. The highest BCUT2D eigenvalue weighted by Gasteiger charge is 2.49. The van der Waals surface area contributed by atoms with Gasteiger partial charge in [0.25, 0.3) is 0 Å². The van der Waals surface area contributed by atoms with Gasteiger partial charge in [-0.3, -0.25) is 4.79 Å². The number of nitrogens with one attached hydrogen (secondary N) is 1. The second-order valence-electron chi connectivity index (χ2n) is 13.4. The van der Waals surface area contributed by atoms with Gasteiger partial charge < -0.3 is 35.7 Å². The molecule has 1 aliphatic rings. The molecule has 0 aromatic heterocycles. The summed E-state index contributed by atoms with van der Waals surface area (Å²) in [6.07, 6.45) is 1.28. The Balaban J connectivity index is 0.000000623. The maximum absolute atomic E-state index is 13.8. The number of rotatable bonds is 15. The van der Waals surface area contributed by atoms with E-state index >= 15 is 0 Å². The number of hydrogen-bond acceptors (Lipinski definition) is 9. The lowest BCUT2D eigenvalue weighted by molar-refractivity contribution is -0.116. The van der Waals surface area contributed by atoms with Crippen LogP contribution in [0.2, 0.25) is 0 Å². The Hall–Kier alpha value is -2.54. The molecule has 6 unspecified atom stereocenters. The number of aliphatic hydroxyl groups excluding tert-OH is 5. The van der Waals surface area contributed by atoms with Crippen LogP contribution >= 0.6 is 0 Å². The fourth-order valence-electron chi connectivity index (χ4n) is 6.33. The molecule has 3 rings (SSSR count). The Morgan fingerprint density at radius 1 is 0.958 bits per heavy atom. The van der Waals surface area contributed by atoms with Gasteiger partial charge in [-0.25, -0.2) is 8.42 Å². The minimum atomic E-state index is -3.64. The van der Waals surface area contributed by atoms with Crippen LogP contribution in [-0.4, -0.2) is 90.2 Å². The molecular formula is C37H60N2O8S. The highest BCUT2D eigenvalue weighted by Crippen LogP contribution is 2.49. The minimum absolute atomic E-state index is 0.0317. The van der Waals surface area contributed by atoms with Crippen molar-refractivity contribution >= 4 is 27.1 Å². The largest absolute Gasteiger partial charge is 0.392 e. The van der Waals surface area contributed by atoms with Crippen LogP contribution in [0.25, 0.3) is 0 Å². The van der Waals surface area contributed by atoms with Crippen molar-refractivity contribution < 1.29 is 38.7 Å². The van der Waals surface area contributed by atoms with Crippen molar-refractivity contribution in [2.24, 2.45) is 5.41 Å². The standard InChI is InChI=1S/C30H44N2O4S.C7H16O4/c1-6-9-11-15-27(33)31-23-14-12-13-22(19-23)28-25-20-24(32(4)5)16-17-26(25)37(35,36)21-30(8-3,29(28)34)18-10-7-2;1-3-5(9)7(11)6(10)4(2)8/h12-14,16-17,19-20,28-29,34H,6-11,15,18,21H2,1-5H3,(H,31,33);4-11H,3H2,1-2H3/t28?,29?,30-;/m1./s1. The fourth-order valence-corrected chi connectivity index (χ4v) is 8.58. The minimum Gasteiger partial charge on any atom is -0.392 e. The predicted octanol–water partition coefficient (Wildman–Crippen LogP) is 5.00. The van der Waals surface area contributed by atoms with Gasteiger partial charge in [0.2, 0.25) is 5.91 Å². The molecule has 0 radical (unpaired) electrons. The number of anilines is 2. The molecular weight excluding hydrogens is 632 g/mol. The Kier molecular flexibility index (Phi) is 16.5. The number of unbranched alkanes of at least 4 members (excludes halogenated alkanes) is 3. The molecule has 11 heteroatoms. The highest BCUT2D eigenvalue weighted by atomic mass is 32.2. The first-order valence-electron chi connectivity index (χ1n) is 17.4. The maximum atomic E-state index is 13.8. The van der Waals surface area contributed by atoms with Crippen LogP contribution in [0.4, 0.5) is 11.4 Å². The van der Waals surface area contributed by atoms with Crippen LogP contribution in [0.3, 0.4) is 0 Å². The first kappa shape index (κ1) is 41.6. The van der Waals surface area contributed by atoms with Crippen molar-refractivity contribution in [1.82, 2.24) is 0 Å². The van der Waals surface area contributed by atoms with E-state index in [2.05, 4.69) is 19.2 Å². The number of amides is 1. The molecule has 2 aromatic carbocycles. The number of aliphatic hydroxyl groups is 5. The average Bonchev–Trinajstić information content (AvgIpc) is 3.12. The summed E-state index contributed by atoms with van der Waals surface area (Å²) in [6, 6.07) is 13.0. The number of hydrogen-bond donors (Lipinski definition) is 6. The number of carbonyl (C=O) groups is 1. The summed E-state index contributed by atoms with van der Waals surface area (Å²) in [6.45, 7) is 9.22. The predicted molar refractivity (Wildman–Crippen MR) is 192 cm³/mol. The van der Waals surface area contributed by atoms with E-state index in [4.69, 9.17) is 20.4 Å². The second-order valence-corrected chi connectivity index (χ2v) is 15.4. The van der Waals surface area contributed by atoms with Crippen LogP contribution in [0.15, 0.2) is 47.4 Å². The third kappa shape index (κ3) is 10.7. The van der Waals surface area contributed by atoms with E-state index in [0.717, 1.165) is 43.4 Å². The molecule has 2 aromatic rings. The Morgan fingerprint density at radius 3 is 2.19 bits per heavy atom. The van der Waals surface area contributed by atoms with E-state index in [-0.39, 0.29) is 11.7 Å². The van der Waals surface area contributed by atoms with Gasteiger partial charge in [0, 0.05) is 43.2 Å². The van der Waals surface area contributed by atoms with E-state index < -0.39 is 51.7 Å². The summed E-state index contributed by atoms with van der Waals surface area (Å²) in [5, 5.41) is 51.1. The Morgan fingerprint density at radius 2 is 1.62 bits per heavy atom. The molecule has 0 spiro atoms. The van der Waals surface area contributed by atoms with Gasteiger partial charge in [0.1, 0.15) is 12.2 Å². The van der Waals surface area contributed by atoms with Crippen LogP contribution < -0.4 is 10.2 Å². The normalized spacial score (nSPS) is 22.6. The molecule has 0 aliphatic carbocycles. The van der Waals surface area contributed by atoms with Crippen molar-refractivity contribution in [3.05, 3.63) is 53.6 Å². The van der Waals surface area contributed by atoms with Crippen LogP contribution in [0.5, 0.6) is 0 Å². The molecule has 272 valence electrons. The molecule has 7 atom stereocenters. The third-order valence-electron chi connectivity index (χ3n) is 9.53. The summed E-state index contributed by atoms with van der Waals surface area (Å²) in [7, 11) is 0.207. The first-order valence-corrected chi connectivity index (χ1v) is 19.1. The van der Waals surface area contributed by atoms with E-state index in [1.165, 1.54) is 6.92 Å². The molecule has 6 N–H and O–H groups in total. The Bertz CT molecular complexity index is 1400. The van der Waals surface area contributed by atoms with Crippen molar-refractivity contribution in [2.75, 3.05) is 30.1 Å². The van der Waals surface area contributed by atoms with E-state index in [1.807, 2.05) is 62.3 Å². The molecule has 1 amide bonds. The van der Waals surface area contributed by atoms with Gasteiger partial charge in [-0.15, -0.1) is 0 Å². The molecule has 10 nitrogen and oxygen atoms in total. The topological polar surface area (TPSA) is 168 Å². The molecule has 0 bridgehead atoms. The van der Waals surface area contributed by atoms with Crippen molar-refractivity contribution in [3.8, 4) is 0 Å². The lowest BCUT2D eigenvalue weighted by Crippen LogP contribution is -2.42. The number of sulfone groups is 1. The molecule has 1 aliphatic heterocycles. The first-order chi connectivity index (χ1) is 22.6. The van der Waals surface area contributed by atoms with Crippen LogP contribution in [0.1, 0.15) is 109 Å². The highest BCUT2D eigenvalue weighted by molar-refractivity contribution is 7.91.